The van der Waals surface area contributed by atoms with Crippen LogP contribution in [0.4, 0.5) is 5.69 Å². The maximum Gasteiger partial charge on any atom is 0.224 e. The molecule has 20 heavy (non-hydrogen) atoms. The van der Waals surface area contributed by atoms with Gasteiger partial charge in [0, 0.05) is 18.2 Å². The third-order valence-electron chi connectivity index (χ3n) is 3.92. The molecule has 1 aliphatic carbocycles. The molecular weight excluding hydrogens is 272 g/mol. The van der Waals surface area contributed by atoms with Crippen LogP contribution in [-0.2, 0) is 4.79 Å². The first-order valence-electron chi connectivity index (χ1n) is 7.18. The van der Waals surface area contributed by atoms with Crippen LogP contribution in [0.5, 0.6) is 0 Å². The van der Waals surface area contributed by atoms with Gasteiger partial charge in [0.1, 0.15) is 0 Å². The molecule has 1 aromatic carbocycles. The molecule has 3 nitrogen and oxygen atoms in total. The van der Waals surface area contributed by atoms with Crippen molar-refractivity contribution in [1.82, 2.24) is 0 Å². The fourth-order valence-corrected chi connectivity index (χ4v) is 2.99. The maximum absolute atomic E-state index is 12.1. The van der Waals surface area contributed by atoms with Gasteiger partial charge in [-0.1, -0.05) is 18.9 Å². The molecule has 1 amide bonds. The van der Waals surface area contributed by atoms with Gasteiger partial charge >= 0.3 is 0 Å². The highest BCUT2D eigenvalue weighted by atomic mass is 35.5. The van der Waals surface area contributed by atoms with Gasteiger partial charge in [-0.25, -0.2) is 0 Å². The van der Waals surface area contributed by atoms with E-state index >= 15 is 0 Å². The van der Waals surface area contributed by atoms with Gasteiger partial charge in [0.15, 0.2) is 0 Å². The summed E-state index contributed by atoms with van der Waals surface area (Å²) in [7, 11) is 0. The van der Waals surface area contributed by atoms with Crippen molar-refractivity contribution in [1.29, 1.82) is 0 Å². The van der Waals surface area contributed by atoms with Crippen LogP contribution in [0.15, 0.2) is 18.2 Å². The zero-order valence-corrected chi connectivity index (χ0v) is 13.1. The SMILES string of the molecule is Cc1cc(C)cc(NC(=O)CC2CCCCC2N)c1.Cl. The van der Waals surface area contributed by atoms with E-state index in [2.05, 4.69) is 11.4 Å². The van der Waals surface area contributed by atoms with Crippen LogP contribution in [0.3, 0.4) is 0 Å². The number of nitrogens with two attached hydrogens (primary N) is 1. The molecule has 1 aliphatic rings. The summed E-state index contributed by atoms with van der Waals surface area (Å²) in [5.74, 6) is 0.437. The molecule has 0 heterocycles. The minimum absolute atomic E-state index is 0. The number of rotatable bonds is 3. The van der Waals surface area contributed by atoms with Crippen LogP contribution in [0.2, 0.25) is 0 Å². The first-order chi connectivity index (χ1) is 9.04. The molecule has 3 N–H and O–H groups in total. The number of hydrogen-bond donors (Lipinski definition) is 2. The van der Waals surface area contributed by atoms with E-state index < -0.39 is 0 Å². The summed E-state index contributed by atoms with van der Waals surface area (Å²) < 4.78 is 0. The van der Waals surface area contributed by atoms with E-state index in [1.807, 2.05) is 26.0 Å². The Balaban J connectivity index is 0.00000200. The maximum atomic E-state index is 12.1. The second-order valence-electron chi connectivity index (χ2n) is 5.84. The van der Waals surface area contributed by atoms with E-state index in [0.29, 0.717) is 12.3 Å². The van der Waals surface area contributed by atoms with E-state index in [1.165, 1.54) is 24.0 Å². The van der Waals surface area contributed by atoms with Crippen LogP contribution < -0.4 is 11.1 Å². The highest BCUT2D eigenvalue weighted by Gasteiger charge is 2.24. The summed E-state index contributed by atoms with van der Waals surface area (Å²) in [6, 6.07) is 6.31. The second kappa shape index (κ2) is 7.65. The number of hydrogen-bond acceptors (Lipinski definition) is 2. The summed E-state index contributed by atoms with van der Waals surface area (Å²) in [5.41, 5.74) is 9.33. The Hall–Kier alpha value is -1.06. The molecule has 2 unspecified atom stereocenters. The van der Waals surface area contributed by atoms with E-state index in [1.54, 1.807) is 0 Å². The van der Waals surface area contributed by atoms with Gasteiger partial charge in [0.05, 0.1) is 0 Å². The van der Waals surface area contributed by atoms with Gasteiger partial charge in [-0.3, -0.25) is 4.79 Å². The van der Waals surface area contributed by atoms with E-state index in [0.717, 1.165) is 18.5 Å². The van der Waals surface area contributed by atoms with Crippen molar-refractivity contribution >= 4 is 24.0 Å². The van der Waals surface area contributed by atoms with Gasteiger partial charge < -0.3 is 11.1 Å². The lowest BCUT2D eigenvalue weighted by atomic mass is 9.83. The fraction of sp³-hybridized carbons (Fsp3) is 0.562. The lowest BCUT2D eigenvalue weighted by molar-refractivity contribution is -0.117. The molecule has 1 saturated carbocycles. The number of halogens is 1. The second-order valence-corrected chi connectivity index (χ2v) is 5.84. The first-order valence-corrected chi connectivity index (χ1v) is 7.18. The lowest BCUT2D eigenvalue weighted by Gasteiger charge is -2.28. The monoisotopic (exact) mass is 296 g/mol. The van der Waals surface area contributed by atoms with Crippen molar-refractivity contribution in [3.05, 3.63) is 29.3 Å². The quantitative estimate of drug-likeness (QED) is 0.896. The number of carbonyl (C=O) groups is 1. The largest absolute Gasteiger partial charge is 0.327 e. The van der Waals surface area contributed by atoms with Crippen LogP contribution in [0.1, 0.15) is 43.2 Å². The fourth-order valence-electron chi connectivity index (χ4n) is 2.99. The Labute approximate surface area is 127 Å². The van der Waals surface area contributed by atoms with Gasteiger partial charge in [-0.05, 0) is 55.9 Å². The minimum Gasteiger partial charge on any atom is -0.327 e. The number of carbonyl (C=O) groups excluding carboxylic acids is 1. The normalized spacial score (nSPS) is 21.9. The van der Waals surface area contributed by atoms with Crippen LogP contribution >= 0.6 is 12.4 Å². The Morgan fingerprint density at radius 3 is 2.40 bits per heavy atom. The molecular formula is C16H25ClN2O. The zero-order valence-electron chi connectivity index (χ0n) is 12.3. The molecule has 0 aliphatic heterocycles. The van der Waals surface area contributed by atoms with E-state index in [9.17, 15) is 4.79 Å². The molecule has 1 fully saturated rings. The van der Waals surface area contributed by atoms with Crippen LogP contribution in [-0.4, -0.2) is 11.9 Å². The number of benzene rings is 1. The molecule has 0 aromatic heterocycles. The number of amides is 1. The average Bonchev–Trinajstić information content (AvgIpc) is 2.30. The summed E-state index contributed by atoms with van der Waals surface area (Å²) in [6.45, 7) is 4.08. The topological polar surface area (TPSA) is 55.1 Å². The van der Waals surface area contributed by atoms with Crippen molar-refractivity contribution in [2.45, 2.75) is 52.0 Å². The smallest absolute Gasteiger partial charge is 0.224 e. The van der Waals surface area contributed by atoms with Crippen molar-refractivity contribution in [3.63, 3.8) is 0 Å². The molecule has 0 saturated heterocycles. The standard InChI is InChI=1S/C16H24N2O.ClH/c1-11-7-12(2)9-14(8-11)18-16(19)10-13-5-3-4-6-15(13)17;/h7-9,13,15H,3-6,10,17H2,1-2H3,(H,18,19);1H. The Kier molecular flexibility index (Phi) is 6.50. The third-order valence-corrected chi connectivity index (χ3v) is 3.92. The summed E-state index contributed by atoms with van der Waals surface area (Å²) in [6.07, 6.45) is 5.10. The summed E-state index contributed by atoms with van der Waals surface area (Å²) in [4.78, 5) is 12.1. The molecule has 1 aromatic rings. The highest BCUT2D eigenvalue weighted by molar-refractivity contribution is 5.91. The first kappa shape index (κ1) is 17.0. The van der Waals surface area contributed by atoms with Gasteiger partial charge in [-0.2, -0.15) is 0 Å². The average molecular weight is 297 g/mol. The number of anilines is 1. The van der Waals surface area contributed by atoms with E-state index in [-0.39, 0.29) is 24.4 Å². The molecule has 112 valence electrons. The predicted molar refractivity (Wildman–Crippen MR) is 86.3 cm³/mol. The molecule has 0 bridgehead atoms. The zero-order chi connectivity index (χ0) is 13.8. The molecule has 2 rings (SSSR count). The lowest BCUT2D eigenvalue weighted by Crippen LogP contribution is -2.35. The van der Waals surface area contributed by atoms with Crippen LogP contribution in [0.25, 0.3) is 0 Å². The Bertz CT molecular complexity index is 442. The summed E-state index contributed by atoms with van der Waals surface area (Å²) in [5, 5.41) is 3.00. The van der Waals surface area contributed by atoms with Gasteiger partial charge in [0.25, 0.3) is 0 Å². The summed E-state index contributed by atoms with van der Waals surface area (Å²) >= 11 is 0. The van der Waals surface area contributed by atoms with Crippen molar-refractivity contribution in [2.75, 3.05) is 5.32 Å². The Morgan fingerprint density at radius 2 is 1.80 bits per heavy atom. The van der Waals surface area contributed by atoms with Crippen LogP contribution in [0, 0.1) is 19.8 Å². The molecule has 4 heteroatoms. The van der Waals surface area contributed by atoms with Crippen molar-refractivity contribution < 1.29 is 4.79 Å². The van der Waals surface area contributed by atoms with Gasteiger partial charge in [-0.15, -0.1) is 12.4 Å². The Morgan fingerprint density at radius 1 is 1.20 bits per heavy atom. The number of nitrogens with one attached hydrogen (secondary N) is 1. The molecule has 2 atom stereocenters. The minimum atomic E-state index is 0. The van der Waals surface area contributed by atoms with Crippen molar-refractivity contribution in [2.24, 2.45) is 11.7 Å². The van der Waals surface area contributed by atoms with E-state index in [4.69, 9.17) is 5.73 Å². The predicted octanol–water partition coefficient (Wildman–Crippen LogP) is 3.57. The number of aryl methyl sites for hydroxylation is 2. The molecule has 0 spiro atoms. The van der Waals surface area contributed by atoms with Crippen molar-refractivity contribution in [3.8, 4) is 0 Å². The van der Waals surface area contributed by atoms with Gasteiger partial charge in [0.2, 0.25) is 5.91 Å². The highest BCUT2D eigenvalue weighted by Crippen LogP contribution is 2.26. The third kappa shape index (κ3) is 4.80. The molecule has 0 radical (unpaired) electrons.